The van der Waals surface area contributed by atoms with E-state index in [1.165, 1.54) is 0 Å². The first-order valence-electron chi connectivity index (χ1n) is 8.03. The van der Waals surface area contributed by atoms with E-state index in [9.17, 15) is 13.2 Å². The summed E-state index contributed by atoms with van der Waals surface area (Å²) < 4.78 is 26.6. The third-order valence-corrected chi connectivity index (χ3v) is 7.03. The predicted molar refractivity (Wildman–Crippen MR) is 82.6 cm³/mol. The van der Waals surface area contributed by atoms with Crippen LogP contribution in [0, 0.1) is 0 Å². The fourth-order valence-corrected chi connectivity index (χ4v) is 5.25. The summed E-state index contributed by atoms with van der Waals surface area (Å²) in [6.45, 7) is 7.18. The second-order valence-corrected chi connectivity index (χ2v) is 8.01. The van der Waals surface area contributed by atoms with Gasteiger partial charge in [0.1, 0.15) is 0 Å². The Morgan fingerprint density at radius 2 is 1.57 bits per heavy atom. The van der Waals surface area contributed by atoms with Crippen LogP contribution in [0.5, 0.6) is 0 Å². The van der Waals surface area contributed by atoms with E-state index < -0.39 is 10.0 Å². The summed E-state index contributed by atoms with van der Waals surface area (Å²) in [7, 11) is -3.16. The third kappa shape index (κ3) is 3.51. The monoisotopic (exact) mass is 317 g/mol. The van der Waals surface area contributed by atoms with Gasteiger partial charge in [0, 0.05) is 39.3 Å². The molecule has 2 amide bonds. The Kier molecular flexibility index (Phi) is 5.48. The topological polar surface area (TPSA) is 60.9 Å². The lowest BCUT2D eigenvalue weighted by Crippen LogP contribution is -2.55. The van der Waals surface area contributed by atoms with Crippen molar-refractivity contribution in [2.75, 3.05) is 39.3 Å². The Morgan fingerprint density at radius 3 is 2.05 bits per heavy atom. The van der Waals surface area contributed by atoms with Crippen LogP contribution in [0.15, 0.2) is 0 Å². The van der Waals surface area contributed by atoms with Gasteiger partial charge in [0.25, 0.3) is 0 Å². The maximum atomic E-state index is 12.5. The maximum Gasteiger partial charge on any atom is 0.320 e. The molecule has 1 aliphatic carbocycles. The zero-order chi connectivity index (χ0) is 15.5. The van der Waals surface area contributed by atoms with Gasteiger partial charge < -0.3 is 9.80 Å². The fourth-order valence-electron chi connectivity index (χ4n) is 3.23. The highest BCUT2D eigenvalue weighted by molar-refractivity contribution is 7.89. The molecule has 21 heavy (non-hydrogen) atoms. The first-order chi connectivity index (χ1) is 10.0. The minimum atomic E-state index is -3.16. The number of amides is 2. The van der Waals surface area contributed by atoms with Crippen LogP contribution in [-0.2, 0) is 10.0 Å². The van der Waals surface area contributed by atoms with Crippen molar-refractivity contribution in [3.05, 3.63) is 0 Å². The van der Waals surface area contributed by atoms with Gasteiger partial charge in [-0.25, -0.2) is 13.2 Å². The molecule has 0 unspecified atom stereocenters. The summed E-state index contributed by atoms with van der Waals surface area (Å²) in [6, 6.07) is 0.0258. The van der Waals surface area contributed by atoms with Crippen molar-refractivity contribution in [1.29, 1.82) is 0 Å². The predicted octanol–water partition coefficient (Wildman–Crippen LogP) is 1.34. The Balaban J connectivity index is 1.92. The van der Waals surface area contributed by atoms with E-state index in [0.29, 0.717) is 39.3 Å². The van der Waals surface area contributed by atoms with Crippen molar-refractivity contribution < 1.29 is 13.2 Å². The molecule has 1 saturated carbocycles. The van der Waals surface area contributed by atoms with Gasteiger partial charge >= 0.3 is 6.03 Å². The number of nitrogens with zero attached hydrogens (tertiary/aromatic N) is 3. The minimum Gasteiger partial charge on any atom is -0.325 e. The molecule has 1 aliphatic heterocycles. The van der Waals surface area contributed by atoms with Crippen LogP contribution in [-0.4, -0.2) is 73.1 Å². The van der Waals surface area contributed by atoms with E-state index >= 15 is 0 Å². The minimum absolute atomic E-state index is 0.0258. The molecule has 0 N–H and O–H groups in total. The Hall–Kier alpha value is -0.820. The lowest BCUT2D eigenvalue weighted by atomic mass is 10.4. The summed E-state index contributed by atoms with van der Waals surface area (Å²) in [6.07, 6.45) is 3.62. The summed E-state index contributed by atoms with van der Waals surface area (Å²) in [5.74, 6) is 0. The molecular weight excluding hydrogens is 290 g/mol. The van der Waals surface area contributed by atoms with Crippen molar-refractivity contribution in [3.63, 3.8) is 0 Å². The number of hydrogen-bond donors (Lipinski definition) is 0. The van der Waals surface area contributed by atoms with Gasteiger partial charge in [0.2, 0.25) is 10.0 Å². The highest BCUT2D eigenvalue weighted by Gasteiger charge is 2.36. The molecule has 0 radical (unpaired) electrons. The number of sulfonamides is 1. The zero-order valence-corrected chi connectivity index (χ0v) is 13.9. The lowest BCUT2D eigenvalue weighted by molar-refractivity contribution is 0.137. The largest absolute Gasteiger partial charge is 0.325 e. The van der Waals surface area contributed by atoms with Gasteiger partial charge in [-0.3, -0.25) is 0 Å². The molecule has 0 bridgehead atoms. The molecule has 0 aromatic heterocycles. The number of rotatable bonds is 4. The number of hydrogen-bond acceptors (Lipinski definition) is 3. The van der Waals surface area contributed by atoms with Gasteiger partial charge in [-0.1, -0.05) is 12.8 Å². The van der Waals surface area contributed by atoms with Gasteiger partial charge in [0.15, 0.2) is 0 Å². The molecule has 1 heterocycles. The van der Waals surface area contributed by atoms with Crippen LogP contribution < -0.4 is 0 Å². The van der Waals surface area contributed by atoms with Crippen LogP contribution in [0.2, 0.25) is 0 Å². The Morgan fingerprint density at radius 1 is 1.05 bits per heavy atom. The molecule has 122 valence electrons. The fraction of sp³-hybridized carbons (Fsp3) is 0.929. The molecule has 1 saturated heterocycles. The van der Waals surface area contributed by atoms with E-state index in [4.69, 9.17) is 0 Å². The van der Waals surface area contributed by atoms with E-state index in [0.717, 1.165) is 25.7 Å². The van der Waals surface area contributed by atoms with Gasteiger partial charge in [-0.15, -0.1) is 0 Å². The van der Waals surface area contributed by atoms with Gasteiger partial charge in [-0.2, -0.15) is 4.31 Å². The molecule has 6 nitrogen and oxygen atoms in total. The van der Waals surface area contributed by atoms with Gasteiger partial charge in [0.05, 0.1) is 5.25 Å². The molecular formula is C14H27N3O3S. The third-order valence-electron chi connectivity index (χ3n) is 4.63. The number of urea groups is 1. The molecule has 0 aromatic carbocycles. The Labute approximate surface area is 128 Å². The van der Waals surface area contributed by atoms with Crippen molar-refractivity contribution in [2.24, 2.45) is 0 Å². The maximum absolute atomic E-state index is 12.5. The molecule has 0 aromatic rings. The van der Waals surface area contributed by atoms with Crippen molar-refractivity contribution in [1.82, 2.24) is 14.1 Å². The molecule has 7 heteroatoms. The van der Waals surface area contributed by atoms with E-state index in [2.05, 4.69) is 0 Å². The smallest absolute Gasteiger partial charge is 0.320 e. The summed E-state index contributed by atoms with van der Waals surface area (Å²) in [5.41, 5.74) is 0. The molecule has 2 rings (SSSR count). The zero-order valence-electron chi connectivity index (χ0n) is 13.1. The normalized spacial score (nSPS) is 21.7. The highest BCUT2D eigenvalue weighted by atomic mass is 32.2. The second kappa shape index (κ2) is 6.96. The SMILES string of the molecule is CCN(CC)C(=O)N1CCN(S(=O)(=O)C2CCCC2)CC1. The molecule has 0 spiro atoms. The van der Waals surface area contributed by atoms with E-state index in [-0.39, 0.29) is 11.3 Å². The van der Waals surface area contributed by atoms with Gasteiger partial charge in [-0.05, 0) is 26.7 Å². The highest BCUT2D eigenvalue weighted by Crippen LogP contribution is 2.27. The molecule has 2 aliphatic rings. The average Bonchev–Trinajstić information content (AvgIpc) is 3.03. The van der Waals surface area contributed by atoms with Crippen LogP contribution in [0.3, 0.4) is 0 Å². The lowest BCUT2D eigenvalue weighted by Gasteiger charge is -2.37. The first kappa shape index (κ1) is 16.5. The molecule has 0 atom stereocenters. The van der Waals surface area contributed by atoms with Crippen molar-refractivity contribution in [3.8, 4) is 0 Å². The van der Waals surface area contributed by atoms with Crippen LogP contribution >= 0.6 is 0 Å². The number of piperazine rings is 1. The van der Waals surface area contributed by atoms with Crippen molar-refractivity contribution in [2.45, 2.75) is 44.8 Å². The summed E-state index contributed by atoms with van der Waals surface area (Å²) in [4.78, 5) is 15.8. The summed E-state index contributed by atoms with van der Waals surface area (Å²) >= 11 is 0. The summed E-state index contributed by atoms with van der Waals surface area (Å²) in [5, 5.41) is -0.192. The quantitative estimate of drug-likeness (QED) is 0.786. The Bertz CT molecular complexity index is 448. The van der Waals surface area contributed by atoms with E-state index in [1.54, 1.807) is 14.1 Å². The first-order valence-corrected chi connectivity index (χ1v) is 9.53. The number of carbonyl (C=O) groups excluding carboxylic acids is 1. The number of carbonyl (C=O) groups is 1. The average molecular weight is 317 g/mol. The van der Waals surface area contributed by atoms with Crippen LogP contribution in [0.1, 0.15) is 39.5 Å². The van der Waals surface area contributed by atoms with Crippen LogP contribution in [0.4, 0.5) is 4.79 Å². The van der Waals surface area contributed by atoms with E-state index in [1.807, 2.05) is 13.8 Å². The molecule has 2 fully saturated rings. The van der Waals surface area contributed by atoms with Crippen LogP contribution in [0.25, 0.3) is 0 Å². The standard InChI is InChI=1S/C14H27N3O3S/c1-3-15(4-2)14(18)16-9-11-17(12-10-16)21(19,20)13-7-5-6-8-13/h13H,3-12H2,1-2H3. The second-order valence-electron chi connectivity index (χ2n) is 5.79. The van der Waals surface area contributed by atoms with Crippen molar-refractivity contribution >= 4 is 16.1 Å².